The summed E-state index contributed by atoms with van der Waals surface area (Å²) < 4.78 is 6.95. The summed E-state index contributed by atoms with van der Waals surface area (Å²) in [6.07, 6.45) is 2.00. The van der Waals surface area contributed by atoms with Crippen LogP contribution in [0.4, 0.5) is 5.69 Å². The van der Waals surface area contributed by atoms with E-state index in [2.05, 4.69) is 10.3 Å². The van der Waals surface area contributed by atoms with E-state index in [0.29, 0.717) is 0 Å². The summed E-state index contributed by atoms with van der Waals surface area (Å²) >= 11 is 0. The van der Waals surface area contributed by atoms with Crippen LogP contribution < -0.4 is 4.74 Å². The van der Waals surface area contributed by atoms with Crippen LogP contribution in [0.1, 0.15) is 11.6 Å². The van der Waals surface area contributed by atoms with Crippen LogP contribution in [-0.2, 0) is 0 Å². The summed E-state index contributed by atoms with van der Waals surface area (Å²) in [6.45, 7) is 0. The van der Waals surface area contributed by atoms with Gasteiger partial charge in [0.2, 0.25) is 6.04 Å². The minimum absolute atomic E-state index is 0.0360. The second-order valence-corrected chi connectivity index (χ2v) is 4.25. The number of nitrogens with zero attached hydrogens (tertiary/aromatic N) is 3. The molecule has 0 radical (unpaired) electrons. The maximum Gasteiger partial charge on any atom is 0.248 e. The highest BCUT2D eigenvalue weighted by Gasteiger charge is 2.24. The Hall–Kier alpha value is -2.49. The van der Waals surface area contributed by atoms with Crippen molar-refractivity contribution < 1.29 is 9.42 Å². The van der Waals surface area contributed by atoms with E-state index < -0.39 is 0 Å². The second kappa shape index (κ2) is 5.02. The van der Waals surface area contributed by atoms with Crippen LogP contribution in [0.5, 0.6) is 5.75 Å². The largest absolute Gasteiger partial charge is 0.497 e. The summed E-state index contributed by atoms with van der Waals surface area (Å²) in [5.41, 5.74) is 2.12. The first-order valence-corrected chi connectivity index (χ1v) is 6.11. The van der Waals surface area contributed by atoms with Gasteiger partial charge in [0.1, 0.15) is 11.0 Å². The number of para-hydroxylation sites is 1. The Morgan fingerprint density at radius 2 is 1.74 bits per heavy atom. The highest BCUT2D eigenvalue weighted by atomic mass is 16.5. The standard InChI is InChI=1S/C15H14N3O/c1-19-14-9-7-12(8-10-14)15-11-18(17-16-15)13-5-3-2-4-6-13/h2-11,15H,1H3/q+1. The molecule has 0 aliphatic carbocycles. The molecule has 0 aromatic heterocycles. The predicted molar refractivity (Wildman–Crippen MR) is 73.0 cm³/mol. The Morgan fingerprint density at radius 3 is 2.42 bits per heavy atom. The van der Waals surface area contributed by atoms with Crippen molar-refractivity contribution >= 4 is 11.9 Å². The number of hydrogen-bond donors (Lipinski definition) is 0. The molecule has 4 nitrogen and oxygen atoms in total. The Kier molecular flexibility index (Phi) is 3.06. The second-order valence-electron chi connectivity index (χ2n) is 4.25. The van der Waals surface area contributed by atoms with Gasteiger partial charge in [-0.1, -0.05) is 30.3 Å². The summed E-state index contributed by atoms with van der Waals surface area (Å²) in [4.78, 5) is 0. The fourth-order valence-electron chi connectivity index (χ4n) is 1.98. The molecule has 0 saturated carbocycles. The predicted octanol–water partition coefficient (Wildman–Crippen LogP) is 3.53. The van der Waals surface area contributed by atoms with Crippen molar-refractivity contribution in [1.82, 2.24) is 0 Å². The van der Waals surface area contributed by atoms with Crippen molar-refractivity contribution in [2.45, 2.75) is 6.04 Å². The van der Waals surface area contributed by atoms with E-state index >= 15 is 0 Å². The Labute approximate surface area is 111 Å². The average Bonchev–Trinajstić information content (AvgIpc) is 2.98. The van der Waals surface area contributed by atoms with Gasteiger partial charge in [-0.2, -0.15) is 0 Å². The molecule has 0 bridgehead atoms. The zero-order valence-corrected chi connectivity index (χ0v) is 10.6. The van der Waals surface area contributed by atoms with Crippen molar-refractivity contribution in [1.29, 1.82) is 0 Å². The van der Waals surface area contributed by atoms with Crippen LogP contribution in [0, 0.1) is 0 Å². The summed E-state index contributed by atoms with van der Waals surface area (Å²) in [6, 6.07) is 17.8. The minimum atomic E-state index is -0.0360. The highest BCUT2D eigenvalue weighted by molar-refractivity contribution is 5.65. The maximum absolute atomic E-state index is 5.15. The topological polar surface area (TPSA) is 37.0 Å². The molecule has 0 N–H and O–H groups in total. The zero-order chi connectivity index (χ0) is 13.1. The number of rotatable bonds is 3. The van der Waals surface area contributed by atoms with Gasteiger partial charge in [0.15, 0.2) is 11.9 Å². The maximum atomic E-state index is 5.15. The van der Waals surface area contributed by atoms with Crippen LogP contribution in [0.15, 0.2) is 64.9 Å². The smallest absolute Gasteiger partial charge is 0.248 e. The first kappa shape index (κ1) is 11.6. The van der Waals surface area contributed by atoms with Crippen molar-refractivity contribution in [2.75, 3.05) is 7.11 Å². The molecular weight excluding hydrogens is 238 g/mol. The van der Waals surface area contributed by atoms with Crippen LogP contribution in [0.3, 0.4) is 0 Å². The van der Waals surface area contributed by atoms with Gasteiger partial charge in [0, 0.05) is 10.7 Å². The van der Waals surface area contributed by atoms with Crippen LogP contribution in [0.2, 0.25) is 0 Å². The van der Waals surface area contributed by atoms with E-state index in [9.17, 15) is 0 Å². The lowest BCUT2D eigenvalue weighted by Crippen LogP contribution is -1.99. The zero-order valence-electron chi connectivity index (χ0n) is 10.6. The molecule has 1 heterocycles. The molecule has 2 aromatic carbocycles. The molecule has 1 aliphatic heterocycles. The van der Waals surface area contributed by atoms with Gasteiger partial charge in [0.05, 0.1) is 7.11 Å². The van der Waals surface area contributed by atoms with E-state index in [1.807, 2.05) is 60.8 Å². The lowest BCUT2D eigenvalue weighted by atomic mass is 10.1. The van der Waals surface area contributed by atoms with Gasteiger partial charge in [0.25, 0.3) is 0 Å². The molecule has 1 unspecified atom stereocenters. The van der Waals surface area contributed by atoms with Gasteiger partial charge in [-0.15, -0.1) is 4.68 Å². The summed E-state index contributed by atoms with van der Waals surface area (Å²) in [7, 11) is 1.66. The van der Waals surface area contributed by atoms with Crippen LogP contribution in [-0.4, -0.2) is 18.0 Å². The third-order valence-corrected chi connectivity index (χ3v) is 3.03. The van der Waals surface area contributed by atoms with Crippen molar-refractivity contribution in [3.8, 4) is 5.75 Å². The van der Waals surface area contributed by atoms with Gasteiger partial charge >= 0.3 is 0 Å². The van der Waals surface area contributed by atoms with Crippen molar-refractivity contribution in [2.24, 2.45) is 10.3 Å². The lowest BCUT2D eigenvalue weighted by molar-refractivity contribution is -0.444. The molecule has 1 aliphatic rings. The third kappa shape index (κ3) is 2.38. The summed E-state index contributed by atoms with van der Waals surface area (Å²) in [5.74, 6) is 0.846. The van der Waals surface area contributed by atoms with Crippen molar-refractivity contribution in [3.63, 3.8) is 0 Å². The SMILES string of the molecule is COc1ccc(C2C=[N+](c3ccccc3)N=N2)cc1. The number of benzene rings is 2. The van der Waals surface area contributed by atoms with Gasteiger partial charge in [-0.25, -0.2) is 0 Å². The third-order valence-electron chi connectivity index (χ3n) is 3.03. The summed E-state index contributed by atoms with van der Waals surface area (Å²) in [5, 5.41) is 8.45. The Bertz CT molecular complexity index is 618. The molecule has 2 aromatic rings. The average molecular weight is 252 g/mol. The molecule has 4 heteroatoms. The fraction of sp³-hybridized carbons (Fsp3) is 0.133. The molecule has 19 heavy (non-hydrogen) atoms. The quantitative estimate of drug-likeness (QED) is 0.770. The molecule has 94 valence electrons. The van der Waals surface area contributed by atoms with E-state index in [1.54, 1.807) is 11.8 Å². The first-order valence-electron chi connectivity index (χ1n) is 6.11. The molecule has 0 amide bonds. The number of methoxy groups -OCH3 is 1. The normalized spacial score (nSPS) is 17.3. The molecule has 1 atom stereocenters. The first-order chi connectivity index (χ1) is 9.36. The Morgan fingerprint density at radius 1 is 1.00 bits per heavy atom. The van der Waals surface area contributed by atoms with Crippen LogP contribution in [0.25, 0.3) is 0 Å². The highest BCUT2D eigenvalue weighted by Crippen LogP contribution is 2.25. The molecule has 0 saturated heterocycles. The van der Waals surface area contributed by atoms with Crippen LogP contribution >= 0.6 is 0 Å². The van der Waals surface area contributed by atoms with E-state index in [4.69, 9.17) is 4.74 Å². The van der Waals surface area contributed by atoms with Gasteiger partial charge < -0.3 is 4.74 Å². The van der Waals surface area contributed by atoms with E-state index in [0.717, 1.165) is 17.0 Å². The van der Waals surface area contributed by atoms with Gasteiger partial charge in [-0.05, 0) is 24.3 Å². The van der Waals surface area contributed by atoms with Crippen molar-refractivity contribution in [3.05, 3.63) is 60.2 Å². The lowest BCUT2D eigenvalue weighted by Gasteiger charge is -2.00. The monoisotopic (exact) mass is 252 g/mol. The molecule has 0 spiro atoms. The minimum Gasteiger partial charge on any atom is -0.497 e. The number of ether oxygens (including phenoxy) is 1. The molecular formula is C15H14N3O+. The van der Waals surface area contributed by atoms with E-state index in [-0.39, 0.29) is 6.04 Å². The van der Waals surface area contributed by atoms with Gasteiger partial charge in [-0.3, -0.25) is 0 Å². The fourth-order valence-corrected chi connectivity index (χ4v) is 1.98. The molecule has 0 fully saturated rings. The number of hydrogen-bond acceptors (Lipinski definition) is 3. The molecule has 3 rings (SSSR count). The Balaban J connectivity index is 1.85. The van der Waals surface area contributed by atoms with E-state index in [1.165, 1.54) is 0 Å².